The second-order valence-electron chi connectivity index (χ2n) is 6.05. The van der Waals surface area contributed by atoms with Gasteiger partial charge < -0.3 is 14.0 Å². The van der Waals surface area contributed by atoms with E-state index < -0.39 is 0 Å². The van der Waals surface area contributed by atoms with Crippen molar-refractivity contribution < 1.29 is 14.0 Å². The predicted octanol–water partition coefficient (Wildman–Crippen LogP) is 0.823. The molecule has 2 aliphatic heterocycles. The topological polar surface area (TPSA) is 56.4 Å². The molecule has 2 fully saturated rings. The Kier molecular flexibility index (Phi) is 2.59. The van der Waals surface area contributed by atoms with Crippen LogP contribution in [0.2, 0.25) is 0 Å². The van der Waals surface area contributed by atoms with Gasteiger partial charge in [0.05, 0.1) is 30.1 Å². The van der Waals surface area contributed by atoms with Crippen molar-refractivity contribution in [2.45, 2.75) is 44.8 Å². The van der Waals surface area contributed by atoms with Crippen molar-refractivity contribution in [2.75, 3.05) is 13.2 Å². The lowest BCUT2D eigenvalue weighted by Gasteiger charge is -2.32. The molecule has 0 spiro atoms. The van der Waals surface area contributed by atoms with Crippen LogP contribution in [0.1, 0.15) is 39.3 Å². The first-order valence-electron chi connectivity index (χ1n) is 6.38. The lowest BCUT2D eigenvalue weighted by Crippen LogP contribution is -2.41. The Morgan fingerprint density at radius 1 is 1.22 bits per heavy atom. The highest BCUT2D eigenvalue weighted by molar-refractivity contribution is 6.62. The van der Waals surface area contributed by atoms with Crippen molar-refractivity contribution in [2.24, 2.45) is 0 Å². The summed E-state index contributed by atoms with van der Waals surface area (Å²) in [5.41, 5.74) is 1.38. The molecule has 1 aromatic rings. The van der Waals surface area contributed by atoms with Crippen LogP contribution in [-0.4, -0.2) is 41.7 Å². The molecule has 98 valence electrons. The summed E-state index contributed by atoms with van der Waals surface area (Å²) in [7, 11) is -0.343. The molecule has 3 rings (SSSR count). The van der Waals surface area contributed by atoms with Gasteiger partial charge in [-0.3, -0.25) is 5.10 Å². The molecule has 0 radical (unpaired) electrons. The first-order valence-corrected chi connectivity index (χ1v) is 6.38. The van der Waals surface area contributed by atoms with E-state index in [9.17, 15) is 0 Å². The third kappa shape index (κ3) is 1.71. The Morgan fingerprint density at radius 2 is 1.83 bits per heavy atom. The van der Waals surface area contributed by atoms with Crippen LogP contribution in [0, 0.1) is 0 Å². The minimum absolute atomic E-state index is 0.317. The summed E-state index contributed by atoms with van der Waals surface area (Å²) in [6, 6.07) is 0. The van der Waals surface area contributed by atoms with Gasteiger partial charge in [0, 0.05) is 17.6 Å². The van der Waals surface area contributed by atoms with E-state index in [-0.39, 0.29) is 18.3 Å². The third-order valence-electron chi connectivity index (χ3n) is 4.23. The Bertz CT molecular complexity index is 438. The smallest absolute Gasteiger partial charge is 0.399 e. The van der Waals surface area contributed by atoms with Crippen molar-refractivity contribution in [1.29, 1.82) is 0 Å². The highest BCUT2D eigenvalue weighted by Gasteiger charge is 2.53. The van der Waals surface area contributed by atoms with Gasteiger partial charge in [0.1, 0.15) is 0 Å². The van der Waals surface area contributed by atoms with Crippen LogP contribution in [0.25, 0.3) is 0 Å². The summed E-state index contributed by atoms with van der Waals surface area (Å²) in [5, 5.41) is 7.23. The Labute approximate surface area is 107 Å². The average Bonchev–Trinajstić information content (AvgIpc) is 2.68. The van der Waals surface area contributed by atoms with Gasteiger partial charge in [-0.1, -0.05) is 0 Å². The molecule has 2 aliphatic rings. The molecule has 18 heavy (non-hydrogen) atoms. The molecule has 2 saturated heterocycles. The van der Waals surface area contributed by atoms with E-state index in [0.717, 1.165) is 24.4 Å². The lowest BCUT2D eigenvalue weighted by molar-refractivity contribution is 0.00578. The second-order valence-corrected chi connectivity index (χ2v) is 6.05. The van der Waals surface area contributed by atoms with Gasteiger partial charge in [0.15, 0.2) is 0 Å². The fourth-order valence-corrected chi connectivity index (χ4v) is 2.19. The first kappa shape index (κ1) is 12.2. The zero-order valence-electron chi connectivity index (χ0n) is 11.3. The van der Waals surface area contributed by atoms with Gasteiger partial charge in [0.25, 0.3) is 0 Å². The van der Waals surface area contributed by atoms with Crippen LogP contribution < -0.4 is 5.46 Å². The SMILES string of the molecule is CC1(C)OB(c2c[nH]nc2C2COC2)OC1(C)C. The largest absolute Gasteiger partial charge is 0.498 e. The molecule has 3 heterocycles. The minimum Gasteiger partial charge on any atom is -0.399 e. The molecule has 5 nitrogen and oxygen atoms in total. The fourth-order valence-electron chi connectivity index (χ4n) is 2.19. The number of ether oxygens (including phenoxy) is 1. The summed E-state index contributed by atoms with van der Waals surface area (Å²) in [5.74, 6) is 0.366. The number of aromatic nitrogens is 2. The van der Waals surface area contributed by atoms with Crippen molar-refractivity contribution in [1.82, 2.24) is 10.2 Å². The normalized spacial score (nSPS) is 26.3. The van der Waals surface area contributed by atoms with Gasteiger partial charge in [-0.2, -0.15) is 5.10 Å². The zero-order chi connectivity index (χ0) is 13.0. The molecule has 1 aromatic heterocycles. The first-order chi connectivity index (χ1) is 8.41. The van der Waals surface area contributed by atoms with Crippen LogP contribution in [0.15, 0.2) is 6.20 Å². The average molecular weight is 250 g/mol. The molecule has 0 aliphatic carbocycles. The summed E-state index contributed by atoms with van der Waals surface area (Å²) in [4.78, 5) is 0. The molecule has 6 heteroatoms. The van der Waals surface area contributed by atoms with Crippen LogP contribution in [0.5, 0.6) is 0 Å². The van der Waals surface area contributed by atoms with Crippen molar-refractivity contribution in [3.8, 4) is 0 Å². The summed E-state index contributed by atoms with van der Waals surface area (Å²) < 4.78 is 17.3. The molecule has 0 aromatic carbocycles. The van der Waals surface area contributed by atoms with Crippen LogP contribution in [0.3, 0.4) is 0 Å². The molecular weight excluding hydrogens is 231 g/mol. The van der Waals surface area contributed by atoms with Gasteiger partial charge in [-0.15, -0.1) is 0 Å². The van der Waals surface area contributed by atoms with E-state index in [1.807, 2.05) is 6.20 Å². The van der Waals surface area contributed by atoms with Crippen LogP contribution >= 0.6 is 0 Å². The van der Waals surface area contributed by atoms with Crippen LogP contribution in [-0.2, 0) is 14.0 Å². The molecule has 0 saturated carbocycles. The van der Waals surface area contributed by atoms with E-state index in [0.29, 0.717) is 5.92 Å². The summed E-state index contributed by atoms with van der Waals surface area (Å²) in [6.45, 7) is 9.69. The highest BCUT2D eigenvalue weighted by atomic mass is 16.7. The maximum atomic E-state index is 6.04. The maximum Gasteiger partial charge on any atom is 0.498 e. The van der Waals surface area contributed by atoms with Crippen molar-refractivity contribution in [3.05, 3.63) is 11.9 Å². The minimum atomic E-state index is -0.343. The Hall–Kier alpha value is -0.845. The van der Waals surface area contributed by atoms with Gasteiger partial charge in [-0.25, -0.2) is 0 Å². The molecule has 0 atom stereocenters. The molecular formula is C12H19BN2O3. The van der Waals surface area contributed by atoms with Gasteiger partial charge >= 0.3 is 7.12 Å². The summed E-state index contributed by atoms with van der Waals surface area (Å²) in [6.07, 6.45) is 1.87. The van der Waals surface area contributed by atoms with E-state index in [4.69, 9.17) is 14.0 Å². The second kappa shape index (κ2) is 3.82. The van der Waals surface area contributed by atoms with E-state index in [1.54, 1.807) is 0 Å². The Morgan fingerprint density at radius 3 is 2.33 bits per heavy atom. The lowest BCUT2D eigenvalue weighted by atomic mass is 9.76. The number of hydrogen-bond acceptors (Lipinski definition) is 4. The predicted molar refractivity (Wildman–Crippen MR) is 67.9 cm³/mol. The fraction of sp³-hybridized carbons (Fsp3) is 0.750. The highest BCUT2D eigenvalue weighted by Crippen LogP contribution is 2.37. The van der Waals surface area contributed by atoms with E-state index in [1.165, 1.54) is 0 Å². The Balaban J connectivity index is 1.86. The number of aromatic amines is 1. The van der Waals surface area contributed by atoms with Crippen LogP contribution in [0.4, 0.5) is 0 Å². The number of hydrogen-bond donors (Lipinski definition) is 1. The van der Waals surface area contributed by atoms with Crippen molar-refractivity contribution >= 4 is 12.6 Å². The summed E-state index contributed by atoms with van der Waals surface area (Å²) >= 11 is 0. The third-order valence-corrected chi connectivity index (χ3v) is 4.23. The van der Waals surface area contributed by atoms with Gasteiger partial charge in [-0.05, 0) is 27.7 Å². The van der Waals surface area contributed by atoms with E-state index in [2.05, 4.69) is 37.9 Å². The zero-order valence-corrected chi connectivity index (χ0v) is 11.3. The van der Waals surface area contributed by atoms with Gasteiger partial charge in [0.2, 0.25) is 0 Å². The standard InChI is InChI=1S/C12H19BN2O3/c1-11(2)12(3,4)18-13(17-11)9-5-14-15-10(9)8-6-16-7-8/h5,8H,6-7H2,1-4H3,(H,14,15). The maximum absolute atomic E-state index is 6.04. The van der Waals surface area contributed by atoms with Crippen molar-refractivity contribution in [3.63, 3.8) is 0 Å². The quantitative estimate of drug-likeness (QED) is 0.789. The number of nitrogens with one attached hydrogen (secondary N) is 1. The molecule has 0 amide bonds. The molecule has 0 unspecified atom stereocenters. The van der Waals surface area contributed by atoms with E-state index >= 15 is 0 Å². The monoisotopic (exact) mass is 250 g/mol. The molecule has 0 bridgehead atoms. The molecule has 1 N–H and O–H groups in total. The number of nitrogens with zero attached hydrogens (tertiary/aromatic N) is 1. The number of rotatable bonds is 2. The number of H-pyrrole nitrogens is 1.